The Bertz CT molecular complexity index is 1170. The fourth-order valence-corrected chi connectivity index (χ4v) is 3.43. The summed E-state index contributed by atoms with van der Waals surface area (Å²) < 4.78 is 8.56. The number of methoxy groups -OCH3 is 1. The van der Waals surface area contributed by atoms with Gasteiger partial charge in [0.25, 0.3) is 0 Å². The molecule has 0 aliphatic carbocycles. The van der Waals surface area contributed by atoms with Crippen molar-refractivity contribution >= 4 is 11.7 Å². The summed E-state index contributed by atoms with van der Waals surface area (Å²) in [6.07, 6.45) is 2.28. The summed E-state index contributed by atoms with van der Waals surface area (Å²) in [6, 6.07) is 15.2. The van der Waals surface area contributed by atoms with Crippen molar-refractivity contribution in [3.05, 3.63) is 71.7 Å². The van der Waals surface area contributed by atoms with E-state index in [1.807, 2.05) is 56.3 Å². The van der Waals surface area contributed by atoms with E-state index >= 15 is 0 Å². The van der Waals surface area contributed by atoms with Crippen molar-refractivity contribution in [1.82, 2.24) is 30.0 Å². The Kier molecular flexibility index (Phi) is 5.74. The maximum absolute atomic E-state index is 12.6. The lowest BCUT2D eigenvalue weighted by molar-refractivity contribution is -0.116. The van der Waals surface area contributed by atoms with E-state index in [9.17, 15) is 4.79 Å². The van der Waals surface area contributed by atoms with Gasteiger partial charge < -0.3 is 10.1 Å². The molecule has 0 unspecified atom stereocenters. The number of anilines is 1. The molecule has 0 aliphatic heterocycles. The van der Waals surface area contributed by atoms with Gasteiger partial charge in [-0.2, -0.15) is 9.78 Å². The number of aromatic nitrogens is 6. The van der Waals surface area contributed by atoms with E-state index in [-0.39, 0.29) is 12.3 Å². The van der Waals surface area contributed by atoms with Gasteiger partial charge in [-0.1, -0.05) is 18.2 Å². The Morgan fingerprint density at radius 1 is 1.03 bits per heavy atom. The fraction of sp³-hybridized carbons (Fsp3) is 0.227. The summed E-state index contributed by atoms with van der Waals surface area (Å²) in [4.78, 5) is 12.6. The van der Waals surface area contributed by atoms with E-state index < -0.39 is 0 Å². The van der Waals surface area contributed by atoms with Crippen molar-refractivity contribution in [1.29, 1.82) is 0 Å². The molecule has 0 atom stereocenters. The van der Waals surface area contributed by atoms with Gasteiger partial charge in [0.15, 0.2) is 5.82 Å². The Balaban J connectivity index is 1.45. The highest BCUT2D eigenvalue weighted by atomic mass is 16.5. The predicted octanol–water partition coefficient (Wildman–Crippen LogP) is 3.04. The second-order valence-electron chi connectivity index (χ2n) is 7.12. The number of amides is 1. The van der Waals surface area contributed by atoms with Gasteiger partial charge in [-0.05, 0) is 59.7 Å². The first-order chi connectivity index (χ1) is 15.1. The lowest BCUT2D eigenvalue weighted by Gasteiger charge is -2.11. The zero-order valence-electron chi connectivity index (χ0n) is 17.6. The average molecular weight is 417 g/mol. The predicted molar refractivity (Wildman–Crippen MR) is 116 cm³/mol. The highest BCUT2D eigenvalue weighted by molar-refractivity contribution is 5.90. The zero-order chi connectivity index (χ0) is 21.8. The monoisotopic (exact) mass is 417 g/mol. The van der Waals surface area contributed by atoms with Crippen molar-refractivity contribution in [2.24, 2.45) is 0 Å². The molecular formula is C22H23N7O2. The van der Waals surface area contributed by atoms with E-state index in [0.29, 0.717) is 18.1 Å². The van der Waals surface area contributed by atoms with Crippen molar-refractivity contribution in [3.63, 3.8) is 0 Å². The number of ether oxygens (including phenoxy) is 1. The number of nitrogens with zero attached hydrogens (tertiary/aromatic N) is 6. The fourth-order valence-electron chi connectivity index (χ4n) is 3.43. The van der Waals surface area contributed by atoms with Crippen LogP contribution in [0.3, 0.4) is 0 Å². The quantitative estimate of drug-likeness (QED) is 0.496. The number of para-hydroxylation sites is 1. The number of carbonyl (C=O) groups is 1. The van der Waals surface area contributed by atoms with E-state index in [1.165, 1.54) is 0 Å². The lowest BCUT2D eigenvalue weighted by Crippen LogP contribution is -2.17. The molecule has 31 heavy (non-hydrogen) atoms. The number of tetrazole rings is 1. The van der Waals surface area contributed by atoms with Crippen LogP contribution in [0, 0.1) is 13.8 Å². The summed E-state index contributed by atoms with van der Waals surface area (Å²) in [7, 11) is 1.62. The Hall–Kier alpha value is -4.01. The van der Waals surface area contributed by atoms with Crippen LogP contribution in [-0.2, 0) is 11.2 Å². The molecule has 0 fully saturated rings. The summed E-state index contributed by atoms with van der Waals surface area (Å²) >= 11 is 0. The second kappa shape index (κ2) is 8.78. The van der Waals surface area contributed by atoms with Gasteiger partial charge in [0.2, 0.25) is 5.91 Å². The highest BCUT2D eigenvalue weighted by Gasteiger charge is 2.15. The van der Waals surface area contributed by atoms with E-state index in [2.05, 4.69) is 25.9 Å². The molecule has 2 aromatic heterocycles. The number of rotatable bonds is 7. The van der Waals surface area contributed by atoms with Crippen LogP contribution >= 0.6 is 0 Å². The number of benzene rings is 2. The molecule has 0 saturated carbocycles. The second-order valence-corrected chi connectivity index (χ2v) is 7.12. The maximum atomic E-state index is 12.6. The maximum Gasteiger partial charge on any atom is 0.225 e. The van der Waals surface area contributed by atoms with Gasteiger partial charge in [0.1, 0.15) is 11.6 Å². The third-order valence-electron chi connectivity index (χ3n) is 4.99. The van der Waals surface area contributed by atoms with Crippen LogP contribution in [-0.4, -0.2) is 43.0 Å². The minimum absolute atomic E-state index is 0.147. The van der Waals surface area contributed by atoms with Gasteiger partial charge in [0.05, 0.1) is 24.7 Å². The van der Waals surface area contributed by atoms with Crippen molar-refractivity contribution in [2.45, 2.75) is 26.7 Å². The van der Waals surface area contributed by atoms with Gasteiger partial charge in [-0.25, -0.2) is 4.68 Å². The van der Waals surface area contributed by atoms with E-state index in [0.717, 1.165) is 28.3 Å². The molecule has 0 spiro atoms. The largest absolute Gasteiger partial charge is 0.497 e. The van der Waals surface area contributed by atoms with Crippen LogP contribution in [0.4, 0.5) is 5.82 Å². The lowest BCUT2D eigenvalue weighted by atomic mass is 10.1. The normalized spacial score (nSPS) is 10.8. The van der Waals surface area contributed by atoms with Crippen molar-refractivity contribution < 1.29 is 9.53 Å². The SMILES string of the molecule is COc1ccc(-n2nccc2NC(=O)CCc2nnnn2-c2c(C)cccc2C)cc1. The first-order valence-corrected chi connectivity index (χ1v) is 9.89. The summed E-state index contributed by atoms with van der Waals surface area (Å²) in [5, 5.41) is 19.3. The molecular weight excluding hydrogens is 394 g/mol. The minimum atomic E-state index is -0.147. The Morgan fingerprint density at radius 3 is 2.48 bits per heavy atom. The molecule has 0 radical (unpaired) electrons. The molecule has 4 aromatic rings. The molecule has 0 aliphatic rings. The van der Waals surface area contributed by atoms with Gasteiger partial charge in [-0.15, -0.1) is 5.10 Å². The molecule has 9 nitrogen and oxygen atoms in total. The third-order valence-corrected chi connectivity index (χ3v) is 4.99. The van der Waals surface area contributed by atoms with Crippen LogP contribution in [0.2, 0.25) is 0 Å². The topological polar surface area (TPSA) is 99.8 Å². The zero-order valence-corrected chi connectivity index (χ0v) is 17.6. The van der Waals surface area contributed by atoms with Gasteiger partial charge >= 0.3 is 0 Å². The first-order valence-electron chi connectivity index (χ1n) is 9.89. The minimum Gasteiger partial charge on any atom is -0.497 e. The van der Waals surface area contributed by atoms with Crippen molar-refractivity contribution in [2.75, 3.05) is 12.4 Å². The third kappa shape index (κ3) is 4.30. The number of carbonyl (C=O) groups excluding carboxylic acids is 1. The van der Waals surface area contributed by atoms with Crippen LogP contribution in [0.5, 0.6) is 5.75 Å². The molecule has 2 aromatic carbocycles. The average Bonchev–Trinajstić information content (AvgIpc) is 3.42. The molecule has 158 valence electrons. The van der Waals surface area contributed by atoms with E-state index in [1.54, 1.807) is 28.7 Å². The van der Waals surface area contributed by atoms with E-state index in [4.69, 9.17) is 4.74 Å². The molecule has 2 heterocycles. The number of hydrogen-bond donors (Lipinski definition) is 1. The molecule has 9 heteroatoms. The van der Waals surface area contributed by atoms with Crippen LogP contribution in [0.15, 0.2) is 54.7 Å². The van der Waals surface area contributed by atoms with Gasteiger partial charge in [-0.3, -0.25) is 4.79 Å². The smallest absolute Gasteiger partial charge is 0.225 e. The highest BCUT2D eigenvalue weighted by Crippen LogP contribution is 2.20. The van der Waals surface area contributed by atoms with Crippen LogP contribution in [0.25, 0.3) is 11.4 Å². The Morgan fingerprint density at radius 2 is 1.77 bits per heavy atom. The molecule has 0 bridgehead atoms. The molecule has 1 N–H and O–H groups in total. The van der Waals surface area contributed by atoms with Crippen LogP contribution < -0.4 is 10.1 Å². The number of aryl methyl sites for hydroxylation is 3. The summed E-state index contributed by atoms with van der Waals surface area (Å²) in [6.45, 7) is 4.03. The van der Waals surface area contributed by atoms with Crippen LogP contribution in [0.1, 0.15) is 23.4 Å². The first kappa shape index (κ1) is 20.3. The number of hydrogen-bond acceptors (Lipinski definition) is 6. The molecule has 4 rings (SSSR count). The van der Waals surface area contributed by atoms with Gasteiger partial charge in [0, 0.05) is 18.9 Å². The summed E-state index contributed by atoms with van der Waals surface area (Å²) in [5.41, 5.74) is 3.91. The standard InChI is InChI=1S/C22H23N7O2/c1-15-5-4-6-16(2)22(15)29-20(25-26-27-29)11-12-21(30)24-19-13-14-23-28(19)17-7-9-18(31-3)10-8-17/h4-10,13-14H,11-12H2,1-3H3,(H,24,30). The Labute approximate surface area is 179 Å². The molecule has 1 amide bonds. The molecule has 0 saturated heterocycles. The van der Waals surface area contributed by atoms with Crippen molar-refractivity contribution in [3.8, 4) is 17.1 Å². The summed E-state index contributed by atoms with van der Waals surface area (Å²) in [5.74, 6) is 1.83. The number of nitrogens with one attached hydrogen (secondary N) is 1.